The highest BCUT2D eigenvalue weighted by molar-refractivity contribution is 7.89. The second-order valence-corrected chi connectivity index (χ2v) is 7.50. The first-order valence-electron chi connectivity index (χ1n) is 7.20. The van der Waals surface area contributed by atoms with E-state index in [1.807, 2.05) is 6.07 Å². The zero-order valence-electron chi connectivity index (χ0n) is 11.9. The smallest absolute Gasteiger partial charge is 0.262 e. The largest absolute Gasteiger partial charge is 0.288 e. The summed E-state index contributed by atoms with van der Waals surface area (Å²) in [6, 6.07) is 5.45. The van der Waals surface area contributed by atoms with Crippen LogP contribution in [-0.4, -0.2) is 34.7 Å². The zero-order chi connectivity index (χ0) is 15.0. The Morgan fingerprint density at radius 2 is 2.19 bits per heavy atom. The molecule has 2 aromatic heterocycles. The van der Waals surface area contributed by atoms with Crippen molar-refractivity contribution in [3.05, 3.63) is 29.5 Å². The maximum absolute atomic E-state index is 13.0. The van der Waals surface area contributed by atoms with Crippen LogP contribution in [0.1, 0.15) is 32.6 Å². The Labute approximate surface area is 129 Å². The van der Waals surface area contributed by atoms with E-state index in [9.17, 15) is 8.42 Å². The lowest BCUT2D eigenvalue weighted by atomic mass is 10.3. The fourth-order valence-corrected chi connectivity index (χ4v) is 4.79. The SMILES string of the molecule is CCCCN(C1CC1)S(=O)(=O)c1c(Cl)nc2ccccn12. The lowest BCUT2D eigenvalue weighted by Gasteiger charge is -2.21. The van der Waals surface area contributed by atoms with Gasteiger partial charge in [0, 0.05) is 18.8 Å². The van der Waals surface area contributed by atoms with Crippen LogP contribution in [0.3, 0.4) is 0 Å². The van der Waals surface area contributed by atoms with Crippen LogP contribution < -0.4 is 0 Å². The van der Waals surface area contributed by atoms with Crippen molar-refractivity contribution in [3.63, 3.8) is 0 Å². The van der Waals surface area contributed by atoms with Gasteiger partial charge in [0.05, 0.1) is 0 Å². The number of sulfonamides is 1. The van der Waals surface area contributed by atoms with Gasteiger partial charge in [-0.15, -0.1) is 0 Å². The predicted octanol–water partition coefficient (Wildman–Crippen LogP) is 2.94. The van der Waals surface area contributed by atoms with Crippen LogP contribution in [0.15, 0.2) is 29.4 Å². The van der Waals surface area contributed by atoms with Crippen molar-refractivity contribution in [2.45, 2.75) is 43.7 Å². The molecule has 114 valence electrons. The van der Waals surface area contributed by atoms with Gasteiger partial charge in [-0.2, -0.15) is 4.31 Å². The third kappa shape index (κ3) is 2.67. The van der Waals surface area contributed by atoms with Gasteiger partial charge in [-0.1, -0.05) is 31.0 Å². The standard InChI is InChI=1S/C14H18ClN3O2S/c1-2-3-10-18(11-7-8-11)21(19,20)14-13(15)16-12-6-4-5-9-17(12)14/h4-6,9,11H,2-3,7-8,10H2,1H3. The molecule has 2 aromatic rings. The van der Waals surface area contributed by atoms with Crippen LogP contribution >= 0.6 is 11.6 Å². The van der Waals surface area contributed by atoms with Gasteiger partial charge in [-0.3, -0.25) is 4.40 Å². The maximum Gasteiger partial charge on any atom is 0.262 e. The number of nitrogens with zero attached hydrogens (tertiary/aromatic N) is 3. The molecule has 3 rings (SSSR count). The van der Waals surface area contributed by atoms with Gasteiger partial charge in [0.15, 0.2) is 10.2 Å². The number of aromatic nitrogens is 2. The summed E-state index contributed by atoms with van der Waals surface area (Å²) in [7, 11) is -3.62. The van der Waals surface area contributed by atoms with E-state index in [4.69, 9.17) is 11.6 Å². The van der Waals surface area contributed by atoms with E-state index < -0.39 is 10.0 Å². The van der Waals surface area contributed by atoms with Crippen LogP contribution in [0, 0.1) is 0 Å². The number of rotatable bonds is 6. The first-order chi connectivity index (χ1) is 10.1. The van der Waals surface area contributed by atoms with Crippen LogP contribution in [0.4, 0.5) is 0 Å². The van der Waals surface area contributed by atoms with Gasteiger partial charge >= 0.3 is 0 Å². The first-order valence-corrected chi connectivity index (χ1v) is 9.02. The molecule has 1 aliphatic carbocycles. The van der Waals surface area contributed by atoms with Crippen molar-refractivity contribution in [2.75, 3.05) is 6.54 Å². The molecule has 1 aliphatic rings. The minimum Gasteiger partial charge on any atom is -0.288 e. The van der Waals surface area contributed by atoms with Crippen LogP contribution in [0.5, 0.6) is 0 Å². The molecule has 21 heavy (non-hydrogen) atoms. The number of fused-ring (bicyclic) bond motifs is 1. The van der Waals surface area contributed by atoms with E-state index in [2.05, 4.69) is 11.9 Å². The van der Waals surface area contributed by atoms with Crippen molar-refractivity contribution in [3.8, 4) is 0 Å². The van der Waals surface area contributed by atoms with Crippen molar-refractivity contribution < 1.29 is 8.42 Å². The number of halogens is 1. The Balaban J connectivity index is 2.08. The van der Waals surface area contributed by atoms with Gasteiger partial charge in [0.25, 0.3) is 10.0 Å². The van der Waals surface area contributed by atoms with Gasteiger partial charge in [-0.25, -0.2) is 13.4 Å². The Bertz CT molecular complexity index is 753. The Hall–Kier alpha value is -1.11. The average Bonchev–Trinajstić information content (AvgIpc) is 3.20. The molecule has 1 fully saturated rings. The Morgan fingerprint density at radius 1 is 1.43 bits per heavy atom. The van der Waals surface area contributed by atoms with Gasteiger partial charge in [0.2, 0.25) is 0 Å². The lowest BCUT2D eigenvalue weighted by molar-refractivity contribution is 0.393. The molecular formula is C14H18ClN3O2S. The molecule has 0 spiro atoms. The van der Waals surface area contributed by atoms with Crippen LogP contribution in [0.25, 0.3) is 5.65 Å². The van der Waals surface area contributed by atoms with E-state index in [0.717, 1.165) is 25.7 Å². The molecular weight excluding hydrogens is 310 g/mol. The monoisotopic (exact) mass is 327 g/mol. The summed E-state index contributed by atoms with van der Waals surface area (Å²) in [6.45, 7) is 2.60. The number of imidazole rings is 1. The number of hydrogen-bond acceptors (Lipinski definition) is 3. The average molecular weight is 328 g/mol. The fourth-order valence-electron chi connectivity index (χ4n) is 2.46. The molecule has 0 aromatic carbocycles. The first kappa shape index (κ1) is 14.8. The molecule has 0 radical (unpaired) electrons. The normalized spacial score (nSPS) is 16.0. The van der Waals surface area contributed by atoms with Crippen molar-refractivity contribution in [1.82, 2.24) is 13.7 Å². The lowest BCUT2D eigenvalue weighted by Crippen LogP contribution is -2.34. The molecule has 0 atom stereocenters. The van der Waals surface area contributed by atoms with E-state index in [1.165, 1.54) is 0 Å². The predicted molar refractivity (Wildman–Crippen MR) is 82.0 cm³/mol. The van der Waals surface area contributed by atoms with Gasteiger partial charge < -0.3 is 0 Å². The quantitative estimate of drug-likeness (QED) is 0.819. The minimum atomic E-state index is -3.62. The summed E-state index contributed by atoms with van der Waals surface area (Å²) < 4.78 is 29.1. The zero-order valence-corrected chi connectivity index (χ0v) is 13.4. The number of pyridine rings is 1. The number of hydrogen-bond donors (Lipinski definition) is 0. The van der Waals surface area contributed by atoms with E-state index in [1.54, 1.807) is 27.0 Å². The molecule has 0 saturated heterocycles. The van der Waals surface area contributed by atoms with Gasteiger partial charge in [0.1, 0.15) is 5.65 Å². The Morgan fingerprint density at radius 3 is 2.86 bits per heavy atom. The summed E-state index contributed by atoms with van der Waals surface area (Å²) in [5.41, 5.74) is 0.548. The molecule has 5 nitrogen and oxygen atoms in total. The molecule has 0 amide bonds. The summed E-state index contributed by atoms with van der Waals surface area (Å²) in [4.78, 5) is 4.14. The highest BCUT2D eigenvalue weighted by atomic mass is 35.5. The fraction of sp³-hybridized carbons (Fsp3) is 0.500. The second kappa shape index (κ2) is 5.59. The highest BCUT2D eigenvalue weighted by Crippen LogP contribution is 2.34. The van der Waals surface area contributed by atoms with Gasteiger partial charge in [-0.05, 0) is 31.4 Å². The van der Waals surface area contributed by atoms with Crippen molar-refractivity contribution in [2.24, 2.45) is 0 Å². The topological polar surface area (TPSA) is 54.7 Å². The molecule has 2 heterocycles. The van der Waals surface area contributed by atoms with Crippen LogP contribution in [-0.2, 0) is 10.0 Å². The summed E-state index contributed by atoms with van der Waals surface area (Å²) in [6.07, 6.45) is 5.35. The van der Waals surface area contributed by atoms with Crippen molar-refractivity contribution >= 4 is 27.3 Å². The second-order valence-electron chi connectivity index (χ2n) is 5.34. The molecule has 0 bridgehead atoms. The summed E-state index contributed by atoms with van der Waals surface area (Å²) in [5.74, 6) is 0. The third-order valence-electron chi connectivity index (χ3n) is 3.69. The summed E-state index contributed by atoms with van der Waals surface area (Å²) >= 11 is 6.12. The van der Waals surface area contributed by atoms with E-state index >= 15 is 0 Å². The molecule has 1 saturated carbocycles. The molecule has 7 heteroatoms. The van der Waals surface area contributed by atoms with Crippen molar-refractivity contribution in [1.29, 1.82) is 0 Å². The highest BCUT2D eigenvalue weighted by Gasteiger charge is 2.40. The van der Waals surface area contributed by atoms with E-state index in [-0.39, 0.29) is 16.2 Å². The molecule has 0 N–H and O–H groups in total. The summed E-state index contributed by atoms with van der Waals surface area (Å²) in [5, 5.41) is 0.131. The van der Waals surface area contributed by atoms with E-state index in [0.29, 0.717) is 12.2 Å². The molecule has 0 unspecified atom stereocenters. The third-order valence-corrected chi connectivity index (χ3v) is 6.04. The Kier molecular flexibility index (Phi) is 3.94. The molecule has 0 aliphatic heterocycles. The number of unbranched alkanes of at least 4 members (excludes halogenated alkanes) is 1. The van der Waals surface area contributed by atoms with Crippen LogP contribution in [0.2, 0.25) is 5.15 Å². The maximum atomic E-state index is 13.0. The minimum absolute atomic E-state index is 0.0448.